The molecule has 104 valence electrons. The van der Waals surface area contributed by atoms with E-state index < -0.39 is 0 Å². The molecule has 0 unspecified atom stereocenters. The number of likely N-dealkylation sites (N-methyl/N-ethyl adjacent to an activating group) is 1. The molecule has 0 spiro atoms. The highest BCUT2D eigenvalue weighted by atomic mass is 32.1. The number of rotatable bonds is 1. The molecule has 1 amide bonds. The summed E-state index contributed by atoms with van der Waals surface area (Å²) < 4.78 is 1.67. The number of anilines is 1. The molecule has 0 saturated carbocycles. The van der Waals surface area contributed by atoms with E-state index >= 15 is 0 Å². The second-order valence-electron chi connectivity index (χ2n) is 4.89. The van der Waals surface area contributed by atoms with Gasteiger partial charge < -0.3 is 4.90 Å². The van der Waals surface area contributed by atoms with Gasteiger partial charge in [-0.2, -0.15) is 5.10 Å². The van der Waals surface area contributed by atoms with Crippen LogP contribution in [0.5, 0.6) is 0 Å². The van der Waals surface area contributed by atoms with Crippen LogP contribution in [0, 0.1) is 0 Å². The molecule has 3 heterocycles. The number of nitrogens with zero attached hydrogens (tertiary/aromatic N) is 4. The quantitative estimate of drug-likeness (QED) is 0.693. The van der Waals surface area contributed by atoms with Crippen molar-refractivity contribution in [2.45, 2.75) is 6.54 Å². The maximum Gasteiger partial charge on any atom is 0.249 e. The first-order chi connectivity index (χ1) is 10.3. The molecule has 2 aromatic heterocycles. The Kier molecular flexibility index (Phi) is 2.65. The lowest BCUT2D eigenvalue weighted by Crippen LogP contribution is -2.28. The molecule has 0 bridgehead atoms. The summed E-state index contributed by atoms with van der Waals surface area (Å²) in [4.78, 5) is 18.3. The molecule has 6 heteroatoms. The molecule has 0 aliphatic carbocycles. The largest absolute Gasteiger partial charge is 0.305 e. The van der Waals surface area contributed by atoms with Crippen LogP contribution in [0.4, 0.5) is 5.00 Å². The van der Waals surface area contributed by atoms with Gasteiger partial charge in [-0.05, 0) is 5.56 Å². The zero-order valence-electron chi connectivity index (χ0n) is 11.4. The van der Waals surface area contributed by atoms with Crippen molar-refractivity contribution in [3.05, 3.63) is 42.0 Å². The number of carbonyl (C=O) groups is 1. The van der Waals surface area contributed by atoms with Gasteiger partial charge in [-0.1, -0.05) is 30.3 Å². The molecule has 1 aliphatic heterocycles. The van der Waals surface area contributed by atoms with E-state index in [1.54, 1.807) is 28.0 Å². The summed E-state index contributed by atoms with van der Waals surface area (Å²) >= 11 is 1.56. The van der Waals surface area contributed by atoms with Crippen molar-refractivity contribution in [3.63, 3.8) is 0 Å². The fourth-order valence-electron chi connectivity index (χ4n) is 2.56. The number of hydrogen-bond acceptors (Lipinski definition) is 4. The van der Waals surface area contributed by atoms with E-state index in [1.807, 2.05) is 18.2 Å². The molecular weight excluding hydrogens is 284 g/mol. The second kappa shape index (κ2) is 4.53. The molecule has 0 radical (unpaired) electrons. The van der Waals surface area contributed by atoms with Gasteiger partial charge in [0, 0.05) is 18.0 Å². The molecule has 0 fully saturated rings. The average molecular weight is 296 g/mol. The van der Waals surface area contributed by atoms with E-state index in [0.717, 1.165) is 27.5 Å². The third-order valence-corrected chi connectivity index (χ3v) is 4.71. The lowest BCUT2D eigenvalue weighted by atomic mass is 10.0. The summed E-state index contributed by atoms with van der Waals surface area (Å²) in [6.45, 7) is 0.224. The number of aromatic nitrogens is 3. The Bertz CT molecular complexity index is 821. The van der Waals surface area contributed by atoms with Gasteiger partial charge in [-0.15, -0.1) is 11.3 Å². The van der Waals surface area contributed by atoms with Gasteiger partial charge in [0.15, 0.2) is 5.82 Å². The second-order valence-corrected chi connectivity index (χ2v) is 5.75. The van der Waals surface area contributed by atoms with Crippen LogP contribution in [0.25, 0.3) is 22.5 Å². The van der Waals surface area contributed by atoms with Crippen molar-refractivity contribution in [2.24, 2.45) is 0 Å². The Hall–Kier alpha value is -2.47. The first kappa shape index (κ1) is 12.3. The Morgan fingerprint density at radius 2 is 2.05 bits per heavy atom. The first-order valence-electron chi connectivity index (χ1n) is 6.57. The Labute approximate surface area is 125 Å². The highest BCUT2D eigenvalue weighted by Crippen LogP contribution is 2.44. The van der Waals surface area contributed by atoms with Gasteiger partial charge in [-0.3, -0.25) is 4.79 Å². The van der Waals surface area contributed by atoms with E-state index in [-0.39, 0.29) is 12.5 Å². The van der Waals surface area contributed by atoms with E-state index in [0.29, 0.717) is 0 Å². The fraction of sp³-hybridized carbons (Fsp3) is 0.133. The minimum absolute atomic E-state index is 0.0157. The van der Waals surface area contributed by atoms with Gasteiger partial charge in [0.25, 0.3) is 0 Å². The van der Waals surface area contributed by atoms with Crippen LogP contribution in [0.2, 0.25) is 0 Å². The minimum Gasteiger partial charge on any atom is -0.305 e. The van der Waals surface area contributed by atoms with E-state index in [2.05, 4.69) is 27.6 Å². The van der Waals surface area contributed by atoms with Crippen molar-refractivity contribution in [3.8, 4) is 22.5 Å². The van der Waals surface area contributed by atoms with Gasteiger partial charge in [0.1, 0.15) is 17.9 Å². The molecule has 21 heavy (non-hydrogen) atoms. The maximum absolute atomic E-state index is 12.2. The summed E-state index contributed by atoms with van der Waals surface area (Å²) in [5, 5.41) is 7.18. The van der Waals surface area contributed by atoms with Crippen LogP contribution < -0.4 is 4.90 Å². The lowest BCUT2D eigenvalue weighted by Gasteiger charge is -2.13. The SMILES string of the molecule is CN1C(=O)Cn2ncnc2-c2c(-c3ccccc3)csc21. The number of fused-ring (bicyclic) bond motifs is 3. The Balaban J connectivity index is 2.02. The first-order valence-corrected chi connectivity index (χ1v) is 7.45. The number of thiophene rings is 1. The zero-order chi connectivity index (χ0) is 14.4. The standard InChI is InChI=1S/C15H12N4OS/c1-18-12(20)7-19-14(16-9-17-19)13-11(8-21-15(13)18)10-5-3-2-4-6-10/h2-6,8-9H,7H2,1H3. The van der Waals surface area contributed by atoms with Crippen LogP contribution >= 0.6 is 11.3 Å². The summed E-state index contributed by atoms with van der Waals surface area (Å²) in [7, 11) is 1.80. The maximum atomic E-state index is 12.2. The molecule has 0 N–H and O–H groups in total. The molecule has 0 saturated heterocycles. The highest BCUT2D eigenvalue weighted by molar-refractivity contribution is 7.15. The number of hydrogen-bond donors (Lipinski definition) is 0. The zero-order valence-corrected chi connectivity index (χ0v) is 12.2. The van der Waals surface area contributed by atoms with Gasteiger partial charge >= 0.3 is 0 Å². The van der Waals surface area contributed by atoms with Crippen molar-refractivity contribution in [2.75, 3.05) is 11.9 Å². The average Bonchev–Trinajstić information content (AvgIpc) is 3.11. The molecule has 5 nitrogen and oxygen atoms in total. The monoisotopic (exact) mass is 296 g/mol. The molecule has 1 aromatic carbocycles. The Morgan fingerprint density at radius 1 is 1.24 bits per heavy atom. The highest BCUT2D eigenvalue weighted by Gasteiger charge is 2.28. The van der Waals surface area contributed by atoms with E-state index in [4.69, 9.17) is 0 Å². The third kappa shape index (κ3) is 1.80. The lowest BCUT2D eigenvalue weighted by molar-refractivity contribution is -0.118. The number of benzene rings is 1. The van der Waals surface area contributed by atoms with Crippen LogP contribution in [-0.2, 0) is 11.3 Å². The minimum atomic E-state index is 0.0157. The summed E-state index contributed by atoms with van der Waals surface area (Å²) in [5.74, 6) is 0.768. The third-order valence-electron chi connectivity index (χ3n) is 3.66. The molecule has 3 aromatic rings. The molecule has 0 atom stereocenters. The van der Waals surface area contributed by atoms with E-state index in [9.17, 15) is 4.79 Å². The predicted molar refractivity (Wildman–Crippen MR) is 82.2 cm³/mol. The molecular formula is C15H12N4OS. The number of carbonyl (C=O) groups excluding carboxylic acids is 1. The molecule has 1 aliphatic rings. The van der Waals surface area contributed by atoms with E-state index in [1.165, 1.54) is 6.33 Å². The number of amides is 1. The summed E-state index contributed by atoms with van der Waals surface area (Å²) in [6.07, 6.45) is 1.50. The smallest absolute Gasteiger partial charge is 0.249 e. The van der Waals surface area contributed by atoms with Gasteiger partial charge in [0.05, 0.1) is 5.56 Å². The fourth-order valence-corrected chi connectivity index (χ4v) is 3.62. The van der Waals surface area contributed by atoms with Crippen molar-refractivity contribution in [1.82, 2.24) is 14.8 Å². The van der Waals surface area contributed by atoms with Crippen molar-refractivity contribution in [1.29, 1.82) is 0 Å². The van der Waals surface area contributed by atoms with Crippen LogP contribution in [0.15, 0.2) is 42.0 Å². The summed E-state index contributed by atoms with van der Waals surface area (Å²) in [5.41, 5.74) is 3.19. The topological polar surface area (TPSA) is 51.0 Å². The van der Waals surface area contributed by atoms with Crippen molar-refractivity contribution < 1.29 is 4.79 Å². The summed E-state index contributed by atoms with van der Waals surface area (Å²) in [6, 6.07) is 10.1. The normalized spacial score (nSPS) is 13.8. The molecule has 4 rings (SSSR count). The van der Waals surface area contributed by atoms with Crippen LogP contribution in [-0.4, -0.2) is 27.7 Å². The van der Waals surface area contributed by atoms with Gasteiger partial charge in [0.2, 0.25) is 5.91 Å². The Morgan fingerprint density at radius 3 is 2.86 bits per heavy atom. The van der Waals surface area contributed by atoms with Crippen LogP contribution in [0.1, 0.15) is 0 Å². The van der Waals surface area contributed by atoms with Crippen molar-refractivity contribution >= 4 is 22.2 Å². The predicted octanol–water partition coefficient (Wildman–Crippen LogP) is 2.65. The van der Waals surface area contributed by atoms with Crippen LogP contribution in [0.3, 0.4) is 0 Å². The van der Waals surface area contributed by atoms with Gasteiger partial charge in [-0.25, -0.2) is 9.67 Å².